The van der Waals surface area contributed by atoms with Crippen molar-refractivity contribution in [1.82, 2.24) is 0 Å². The number of amides is 1. The maximum absolute atomic E-state index is 12.1. The van der Waals surface area contributed by atoms with Crippen LogP contribution in [0.15, 0.2) is 48.5 Å². The lowest BCUT2D eigenvalue weighted by Gasteiger charge is -2.07. The molecule has 0 spiro atoms. The summed E-state index contributed by atoms with van der Waals surface area (Å²) in [5.74, 6) is 0.771. The summed E-state index contributed by atoms with van der Waals surface area (Å²) in [6.07, 6.45) is 3.90. The van der Waals surface area contributed by atoms with Crippen LogP contribution in [-0.4, -0.2) is 13.0 Å². The molecule has 0 aromatic heterocycles. The molecule has 0 fully saturated rings. The number of benzene rings is 2. The second-order valence-electron chi connectivity index (χ2n) is 5.37. The number of hydrogen-bond acceptors (Lipinski definition) is 2. The van der Waals surface area contributed by atoms with Gasteiger partial charge < -0.3 is 10.1 Å². The number of unbranched alkanes of at least 4 members (excludes halogenated alkanes) is 1. The van der Waals surface area contributed by atoms with E-state index in [4.69, 9.17) is 4.74 Å². The van der Waals surface area contributed by atoms with Crippen LogP contribution in [0.1, 0.15) is 30.9 Å². The lowest BCUT2D eigenvalue weighted by atomic mass is 10.0. The van der Waals surface area contributed by atoms with Gasteiger partial charge >= 0.3 is 0 Å². The first kappa shape index (κ1) is 16.1. The molecule has 0 radical (unpaired) electrons. The van der Waals surface area contributed by atoms with Gasteiger partial charge in [0, 0.05) is 5.69 Å². The molecule has 0 saturated heterocycles. The third-order valence-electron chi connectivity index (χ3n) is 3.58. The van der Waals surface area contributed by atoms with Crippen LogP contribution in [0.3, 0.4) is 0 Å². The van der Waals surface area contributed by atoms with E-state index in [1.54, 1.807) is 7.11 Å². The SMILES string of the molecule is CCCCc1ccc(CC(=O)Nc2ccc(OC)cc2)cc1. The fraction of sp³-hybridized carbons (Fsp3) is 0.316. The Morgan fingerprint density at radius 1 is 1.00 bits per heavy atom. The third-order valence-corrected chi connectivity index (χ3v) is 3.58. The van der Waals surface area contributed by atoms with Gasteiger partial charge in [-0.15, -0.1) is 0 Å². The molecule has 22 heavy (non-hydrogen) atoms. The molecule has 116 valence electrons. The first-order chi connectivity index (χ1) is 10.7. The van der Waals surface area contributed by atoms with Crippen LogP contribution in [0.25, 0.3) is 0 Å². The van der Waals surface area contributed by atoms with Crippen LogP contribution in [-0.2, 0) is 17.6 Å². The summed E-state index contributed by atoms with van der Waals surface area (Å²) in [4.78, 5) is 12.1. The lowest BCUT2D eigenvalue weighted by Crippen LogP contribution is -2.14. The molecule has 0 saturated carbocycles. The van der Waals surface area contributed by atoms with E-state index in [0.717, 1.165) is 23.4 Å². The van der Waals surface area contributed by atoms with E-state index < -0.39 is 0 Å². The molecule has 1 N–H and O–H groups in total. The van der Waals surface area contributed by atoms with Crippen molar-refractivity contribution in [3.8, 4) is 5.75 Å². The highest BCUT2D eigenvalue weighted by Crippen LogP contribution is 2.15. The zero-order chi connectivity index (χ0) is 15.8. The summed E-state index contributed by atoms with van der Waals surface area (Å²) in [6, 6.07) is 15.7. The van der Waals surface area contributed by atoms with Crippen LogP contribution >= 0.6 is 0 Å². The van der Waals surface area contributed by atoms with Crippen LogP contribution in [0, 0.1) is 0 Å². The van der Waals surface area contributed by atoms with Crippen molar-refractivity contribution >= 4 is 11.6 Å². The average molecular weight is 297 g/mol. The maximum Gasteiger partial charge on any atom is 0.228 e. The molecule has 1 amide bonds. The molecule has 2 rings (SSSR count). The largest absolute Gasteiger partial charge is 0.497 e. The van der Waals surface area contributed by atoms with E-state index >= 15 is 0 Å². The molecule has 0 aliphatic carbocycles. The number of carbonyl (C=O) groups excluding carboxylic acids is 1. The molecule has 3 nitrogen and oxygen atoms in total. The number of aryl methyl sites for hydroxylation is 1. The first-order valence-electron chi connectivity index (χ1n) is 7.73. The highest BCUT2D eigenvalue weighted by atomic mass is 16.5. The van der Waals surface area contributed by atoms with Gasteiger partial charge in [-0.3, -0.25) is 4.79 Å². The Labute approximate surface area is 132 Å². The van der Waals surface area contributed by atoms with Gasteiger partial charge in [-0.25, -0.2) is 0 Å². The van der Waals surface area contributed by atoms with E-state index in [9.17, 15) is 4.79 Å². The quantitative estimate of drug-likeness (QED) is 0.831. The molecule has 0 heterocycles. The van der Waals surface area contributed by atoms with E-state index in [1.165, 1.54) is 18.4 Å². The number of carbonyl (C=O) groups is 1. The Morgan fingerprint density at radius 3 is 2.23 bits per heavy atom. The van der Waals surface area contributed by atoms with Crippen molar-refractivity contribution in [3.63, 3.8) is 0 Å². The Morgan fingerprint density at radius 2 is 1.64 bits per heavy atom. The third kappa shape index (κ3) is 4.92. The second-order valence-corrected chi connectivity index (χ2v) is 5.37. The molecule has 2 aromatic rings. The van der Waals surface area contributed by atoms with Gasteiger partial charge in [-0.05, 0) is 48.2 Å². The van der Waals surface area contributed by atoms with Crippen molar-refractivity contribution in [2.45, 2.75) is 32.6 Å². The average Bonchev–Trinajstić information content (AvgIpc) is 2.55. The van der Waals surface area contributed by atoms with Gasteiger partial charge in [0.15, 0.2) is 0 Å². The van der Waals surface area contributed by atoms with Crippen molar-refractivity contribution in [2.75, 3.05) is 12.4 Å². The fourth-order valence-corrected chi connectivity index (χ4v) is 2.27. The highest BCUT2D eigenvalue weighted by molar-refractivity contribution is 5.92. The van der Waals surface area contributed by atoms with Crippen molar-refractivity contribution in [3.05, 3.63) is 59.7 Å². The minimum absolute atomic E-state index is 0.00789. The maximum atomic E-state index is 12.1. The number of hydrogen-bond donors (Lipinski definition) is 1. The minimum atomic E-state index is -0.00789. The molecule has 0 atom stereocenters. The fourth-order valence-electron chi connectivity index (χ4n) is 2.27. The van der Waals surface area contributed by atoms with Crippen molar-refractivity contribution < 1.29 is 9.53 Å². The summed E-state index contributed by atoms with van der Waals surface area (Å²) in [6.45, 7) is 2.19. The molecule has 0 aliphatic rings. The van der Waals surface area contributed by atoms with Crippen LogP contribution < -0.4 is 10.1 Å². The summed E-state index contributed by atoms with van der Waals surface area (Å²) < 4.78 is 5.10. The van der Waals surface area contributed by atoms with E-state index in [0.29, 0.717) is 6.42 Å². The monoisotopic (exact) mass is 297 g/mol. The van der Waals surface area contributed by atoms with Crippen LogP contribution in [0.5, 0.6) is 5.75 Å². The molecular weight excluding hydrogens is 274 g/mol. The Bertz CT molecular complexity index is 588. The minimum Gasteiger partial charge on any atom is -0.497 e. The lowest BCUT2D eigenvalue weighted by molar-refractivity contribution is -0.115. The van der Waals surface area contributed by atoms with Gasteiger partial charge in [-0.1, -0.05) is 37.6 Å². The van der Waals surface area contributed by atoms with Gasteiger partial charge in [0.05, 0.1) is 13.5 Å². The zero-order valence-corrected chi connectivity index (χ0v) is 13.3. The Hall–Kier alpha value is -2.29. The Balaban J connectivity index is 1.88. The molecule has 3 heteroatoms. The van der Waals surface area contributed by atoms with Crippen LogP contribution in [0.4, 0.5) is 5.69 Å². The normalized spacial score (nSPS) is 10.3. The molecule has 0 unspecified atom stereocenters. The molecular formula is C19H23NO2. The van der Waals surface area contributed by atoms with Gasteiger partial charge in [0.2, 0.25) is 5.91 Å². The Kier molecular flexibility index (Phi) is 6.01. The van der Waals surface area contributed by atoms with Gasteiger partial charge in [0.25, 0.3) is 0 Å². The summed E-state index contributed by atoms with van der Waals surface area (Å²) in [7, 11) is 1.62. The standard InChI is InChI=1S/C19H23NO2/c1-3-4-5-15-6-8-16(9-7-15)14-19(21)20-17-10-12-18(22-2)13-11-17/h6-13H,3-5,14H2,1-2H3,(H,20,21). The van der Waals surface area contributed by atoms with E-state index in [-0.39, 0.29) is 5.91 Å². The van der Waals surface area contributed by atoms with Gasteiger partial charge in [-0.2, -0.15) is 0 Å². The summed E-state index contributed by atoms with van der Waals surface area (Å²) in [5.41, 5.74) is 3.15. The predicted molar refractivity (Wildman–Crippen MR) is 90.4 cm³/mol. The van der Waals surface area contributed by atoms with Crippen molar-refractivity contribution in [2.24, 2.45) is 0 Å². The van der Waals surface area contributed by atoms with E-state index in [2.05, 4.69) is 24.4 Å². The number of methoxy groups -OCH3 is 1. The van der Waals surface area contributed by atoms with Crippen molar-refractivity contribution in [1.29, 1.82) is 0 Å². The topological polar surface area (TPSA) is 38.3 Å². The number of nitrogens with one attached hydrogen (secondary N) is 1. The zero-order valence-electron chi connectivity index (χ0n) is 13.3. The second kappa shape index (κ2) is 8.23. The number of ether oxygens (including phenoxy) is 1. The van der Waals surface area contributed by atoms with E-state index in [1.807, 2.05) is 36.4 Å². The number of anilines is 1. The molecule has 0 aliphatic heterocycles. The number of rotatable bonds is 7. The molecule has 0 bridgehead atoms. The summed E-state index contributed by atoms with van der Waals surface area (Å²) in [5, 5.41) is 2.90. The molecule has 2 aromatic carbocycles. The van der Waals surface area contributed by atoms with Gasteiger partial charge in [0.1, 0.15) is 5.75 Å². The predicted octanol–water partition coefficient (Wildman–Crippen LogP) is 4.22. The summed E-state index contributed by atoms with van der Waals surface area (Å²) >= 11 is 0. The first-order valence-corrected chi connectivity index (χ1v) is 7.73. The van der Waals surface area contributed by atoms with Crippen LogP contribution in [0.2, 0.25) is 0 Å². The smallest absolute Gasteiger partial charge is 0.228 e. The highest BCUT2D eigenvalue weighted by Gasteiger charge is 2.04.